The van der Waals surface area contributed by atoms with Gasteiger partial charge in [-0.3, -0.25) is 8.98 Å². The van der Waals surface area contributed by atoms with E-state index in [-0.39, 0.29) is 43.2 Å². The number of amides is 2. The lowest BCUT2D eigenvalue weighted by Crippen LogP contribution is -2.64. The highest BCUT2D eigenvalue weighted by Crippen LogP contribution is 2.52. The summed E-state index contributed by atoms with van der Waals surface area (Å²) >= 11 is 0. The van der Waals surface area contributed by atoms with Gasteiger partial charge in [0.25, 0.3) is 16.0 Å². The van der Waals surface area contributed by atoms with Crippen LogP contribution in [0.25, 0.3) is 0 Å². The summed E-state index contributed by atoms with van der Waals surface area (Å²) in [6.45, 7) is 4.26. The van der Waals surface area contributed by atoms with Gasteiger partial charge in [0.1, 0.15) is 18.8 Å². The fraction of sp³-hybridized carbons (Fsp3) is 0.667. The summed E-state index contributed by atoms with van der Waals surface area (Å²) in [7, 11) is -4.15. The van der Waals surface area contributed by atoms with E-state index in [0.29, 0.717) is 17.7 Å². The molecule has 0 aromatic heterocycles. The van der Waals surface area contributed by atoms with Crippen LogP contribution in [-0.4, -0.2) is 62.7 Å². The van der Waals surface area contributed by atoms with Crippen LogP contribution >= 0.6 is 0 Å². The first-order valence-electron chi connectivity index (χ1n) is 11.6. The van der Waals surface area contributed by atoms with Crippen molar-refractivity contribution in [2.45, 2.75) is 58.1 Å². The Morgan fingerprint density at radius 3 is 2.43 bits per heavy atom. The number of alkyl halides is 2. The minimum atomic E-state index is -4.15. The number of likely N-dealkylation sites (tertiary alicyclic amines) is 1. The predicted octanol–water partition coefficient (Wildman–Crippen LogP) is 3.57. The first-order valence-corrected chi connectivity index (χ1v) is 13.4. The third kappa shape index (κ3) is 7.13. The molecule has 0 radical (unpaired) electrons. The van der Waals surface area contributed by atoms with Crippen LogP contribution in [0.5, 0.6) is 0 Å². The second-order valence-corrected chi connectivity index (χ2v) is 12.3. The Balaban J connectivity index is 1.70. The Labute approximate surface area is 205 Å². The molecule has 0 bridgehead atoms. The van der Waals surface area contributed by atoms with Gasteiger partial charge in [-0.2, -0.15) is 8.42 Å². The highest BCUT2D eigenvalue weighted by Gasteiger charge is 2.60. The number of alkyl carbamates (subject to hydrolysis) is 1. The van der Waals surface area contributed by atoms with Gasteiger partial charge in [-0.1, -0.05) is 51.1 Å². The molecule has 1 aromatic rings. The standard InChI is InChI=1S/C24H34F2N2O6S/c1-22(2,3)19-12-18(19)13-20(29)28-11-10-23(15-28,24(25,26)16-34-35(4,31)32)27-21(30)33-14-17-8-6-5-7-9-17/h5-9,18-19H,10-16H2,1-4H3,(H,27,30). The van der Waals surface area contributed by atoms with Crippen LogP contribution in [0.4, 0.5) is 13.6 Å². The number of benzene rings is 1. The van der Waals surface area contributed by atoms with Crippen molar-refractivity contribution >= 4 is 22.1 Å². The summed E-state index contributed by atoms with van der Waals surface area (Å²) in [4.78, 5) is 26.7. The molecule has 196 valence electrons. The van der Waals surface area contributed by atoms with Crippen LogP contribution in [-0.2, 0) is 30.4 Å². The monoisotopic (exact) mass is 516 g/mol. The van der Waals surface area contributed by atoms with Crippen molar-refractivity contribution in [3.05, 3.63) is 35.9 Å². The molecule has 11 heteroatoms. The summed E-state index contributed by atoms with van der Waals surface area (Å²) < 4.78 is 63.0. The van der Waals surface area contributed by atoms with Gasteiger partial charge in [-0.05, 0) is 35.7 Å². The Morgan fingerprint density at radius 2 is 1.86 bits per heavy atom. The highest BCUT2D eigenvalue weighted by molar-refractivity contribution is 7.85. The van der Waals surface area contributed by atoms with Crippen molar-refractivity contribution < 1.29 is 35.7 Å². The molecule has 2 fully saturated rings. The summed E-state index contributed by atoms with van der Waals surface area (Å²) in [6.07, 6.45) is 0.478. The predicted molar refractivity (Wildman–Crippen MR) is 125 cm³/mol. The Morgan fingerprint density at radius 1 is 1.20 bits per heavy atom. The second kappa shape index (κ2) is 10.0. The van der Waals surface area contributed by atoms with Crippen molar-refractivity contribution in [1.82, 2.24) is 10.2 Å². The molecular formula is C24H34F2N2O6S. The van der Waals surface area contributed by atoms with E-state index in [1.165, 1.54) is 4.90 Å². The fourth-order valence-electron chi connectivity index (χ4n) is 4.68. The number of rotatable bonds is 9. The third-order valence-corrected chi connectivity index (χ3v) is 7.35. The molecule has 1 heterocycles. The fourth-order valence-corrected chi connectivity index (χ4v) is 5.04. The lowest BCUT2D eigenvalue weighted by Gasteiger charge is -2.37. The molecular weight excluding hydrogens is 482 g/mol. The molecule has 3 unspecified atom stereocenters. The molecule has 3 rings (SSSR count). The number of nitrogens with zero attached hydrogens (tertiary/aromatic N) is 1. The highest BCUT2D eigenvalue weighted by atomic mass is 32.2. The van der Waals surface area contributed by atoms with E-state index < -0.39 is 40.8 Å². The zero-order chi connectivity index (χ0) is 26.1. The summed E-state index contributed by atoms with van der Waals surface area (Å²) in [5, 5.41) is 2.25. The van der Waals surface area contributed by atoms with Crippen molar-refractivity contribution in [2.75, 3.05) is 26.0 Å². The van der Waals surface area contributed by atoms with E-state index in [2.05, 4.69) is 30.3 Å². The molecule has 0 spiro atoms. The van der Waals surface area contributed by atoms with Crippen molar-refractivity contribution in [3.8, 4) is 0 Å². The lowest BCUT2D eigenvalue weighted by atomic mass is 9.88. The van der Waals surface area contributed by atoms with Crippen LogP contribution < -0.4 is 5.32 Å². The molecule has 3 atom stereocenters. The first-order chi connectivity index (χ1) is 16.1. The van der Waals surface area contributed by atoms with Gasteiger partial charge in [0.15, 0.2) is 0 Å². The minimum absolute atomic E-state index is 0.000825. The van der Waals surface area contributed by atoms with E-state index in [4.69, 9.17) is 4.74 Å². The van der Waals surface area contributed by atoms with Gasteiger partial charge in [0.2, 0.25) is 5.91 Å². The molecule has 1 aliphatic carbocycles. The van der Waals surface area contributed by atoms with E-state index in [1.807, 2.05) is 0 Å². The Kier molecular flexibility index (Phi) is 7.81. The summed E-state index contributed by atoms with van der Waals surface area (Å²) in [6, 6.07) is 8.72. The SMILES string of the molecule is CC(C)(C)C1CC1CC(=O)N1CCC(NC(=O)OCc2ccccc2)(C(F)(F)COS(C)(=O)=O)C1. The van der Waals surface area contributed by atoms with Crippen molar-refractivity contribution in [1.29, 1.82) is 0 Å². The molecule has 8 nitrogen and oxygen atoms in total. The molecule has 1 N–H and O–H groups in total. The third-order valence-electron chi connectivity index (χ3n) is 6.80. The maximum absolute atomic E-state index is 15.4. The smallest absolute Gasteiger partial charge is 0.408 e. The number of hydrogen-bond acceptors (Lipinski definition) is 6. The second-order valence-electron chi connectivity index (χ2n) is 10.7. The van der Waals surface area contributed by atoms with E-state index >= 15 is 8.78 Å². The van der Waals surface area contributed by atoms with Crippen LogP contribution in [0, 0.1) is 17.3 Å². The van der Waals surface area contributed by atoms with Gasteiger partial charge in [-0.15, -0.1) is 0 Å². The Bertz CT molecular complexity index is 1030. The number of carbonyl (C=O) groups excluding carboxylic acids is 2. The number of ether oxygens (including phenoxy) is 1. The van der Waals surface area contributed by atoms with E-state index in [0.717, 1.165) is 6.42 Å². The minimum Gasteiger partial charge on any atom is -0.445 e. The van der Waals surface area contributed by atoms with Crippen LogP contribution in [0.2, 0.25) is 0 Å². The average molecular weight is 517 g/mol. The average Bonchev–Trinajstić information content (AvgIpc) is 3.40. The van der Waals surface area contributed by atoms with Gasteiger partial charge < -0.3 is 15.0 Å². The molecule has 2 aliphatic rings. The molecule has 1 saturated carbocycles. The lowest BCUT2D eigenvalue weighted by molar-refractivity contribution is -0.134. The van der Waals surface area contributed by atoms with Gasteiger partial charge in [0, 0.05) is 19.5 Å². The van der Waals surface area contributed by atoms with Crippen LogP contribution in [0.3, 0.4) is 0 Å². The van der Waals surface area contributed by atoms with Crippen molar-refractivity contribution in [3.63, 3.8) is 0 Å². The zero-order valence-electron chi connectivity index (χ0n) is 20.6. The first kappa shape index (κ1) is 27.3. The van der Waals surface area contributed by atoms with Gasteiger partial charge >= 0.3 is 6.09 Å². The topological polar surface area (TPSA) is 102 Å². The van der Waals surface area contributed by atoms with Crippen LogP contribution in [0.15, 0.2) is 30.3 Å². The number of carbonyl (C=O) groups is 2. The Hall–Kier alpha value is -2.27. The normalized spacial score (nSPS) is 24.8. The quantitative estimate of drug-likeness (QED) is 0.504. The van der Waals surface area contributed by atoms with Gasteiger partial charge in [-0.25, -0.2) is 13.6 Å². The van der Waals surface area contributed by atoms with Crippen LogP contribution in [0.1, 0.15) is 45.6 Å². The molecule has 1 aromatic carbocycles. The number of hydrogen-bond donors (Lipinski definition) is 1. The van der Waals surface area contributed by atoms with E-state index in [9.17, 15) is 18.0 Å². The molecule has 2 amide bonds. The maximum Gasteiger partial charge on any atom is 0.408 e. The van der Waals surface area contributed by atoms with Gasteiger partial charge in [0.05, 0.1) is 6.26 Å². The number of nitrogens with one attached hydrogen (secondary N) is 1. The molecule has 1 aliphatic heterocycles. The largest absolute Gasteiger partial charge is 0.445 e. The summed E-state index contributed by atoms with van der Waals surface area (Å²) in [5.41, 5.74) is -1.49. The maximum atomic E-state index is 15.4. The van der Waals surface area contributed by atoms with E-state index in [1.54, 1.807) is 30.3 Å². The zero-order valence-corrected chi connectivity index (χ0v) is 21.4. The number of halogens is 2. The molecule has 1 saturated heterocycles. The molecule has 35 heavy (non-hydrogen) atoms. The summed E-state index contributed by atoms with van der Waals surface area (Å²) in [5.74, 6) is -3.45. The van der Waals surface area contributed by atoms with Crippen molar-refractivity contribution in [2.24, 2.45) is 17.3 Å².